The summed E-state index contributed by atoms with van der Waals surface area (Å²) < 4.78 is 4.42. The van der Waals surface area contributed by atoms with Gasteiger partial charge in [-0.15, -0.1) is 0 Å². The fourth-order valence-electron chi connectivity index (χ4n) is 2.39. The van der Waals surface area contributed by atoms with Gasteiger partial charge in [0.15, 0.2) is 0 Å². The normalized spacial score (nSPS) is 11.3. The van der Waals surface area contributed by atoms with Gasteiger partial charge >= 0.3 is 0 Å². The average molecular weight is 274 g/mol. The van der Waals surface area contributed by atoms with Crippen LogP contribution in [0.1, 0.15) is 19.0 Å². The van der Waals surface area contributed by atoms with Crippen molar-refractivity contribution in [1.29, 1.82) is 0 Å². The van der Waals surface area contributed by atoms with Crippen molar-refractivity contribution >= 4 is 22.5 Å². The smallest absolute Gasteiger partial charge is 0.0948 e. The van der Waals surface area contributed by atoms with Crippen LogP contribution in [-0.2, 0) is 13.1 Å². The molecular weight excluding hydrogens is 258 g/mol. The van der Waals surface area contributed by atoms with E-state index in [1.807, 2.05) is 24.7 Å². The number of hydrogen-bond donors (Lipinski definition) is 0. The minimum atomic E-state index is 0.773. The highest BCUT2D eigenvalue weighted by Gasteiger charge is 2.06. The second-order valence-electron chi connectivity index (χ2n) is 4.73. The lowest BCUT2D eigenvalue weighted by Gasteiger charge is -2.09. The Bertz CT molecular complexity index is 696. The summed E-state index contributed by atoms with van der Waals surface area (Å²) >= 11 is 6.08. The van der Waals surface area contributed by atoms with Gasteiger partial charge < -0.3 is 9.13 Å². The summed E-state index contributed by atoms with van der Waals surface area (Å²) in [5, 5.41) is 1.99. The largest absolute Gasteiger partial charge is 0.341 e. The molecule has 0 radical (unpaired) electrons. The third-order valence-electron chi connectivity index (χ3n) is 3.33. The van der Waals surface area contributed by atoms with Crippen LogP contribution in [0.2, 0.25) is 5.02 Å². The molecule has 0 saturated carbocycles. The Kier molecular flexibility index (Phi) is 3.30. The Morgan fingerprint density at radius 2 is 2.11 bits per heavy atom. The van der Waals surface area contributed by atoms with E-state index in [0.717, 1.165) is 30.0 Å². The van der Waals surface area contributed by atoms with Crippen molar-refractivity contribution in [1.82, 2.24) is 14.1 Å². The summed E-state index contributed by atoms with van der Waals surface area (Å²) in [6, 6.07) is 8.11. The van der Waals surface area contributed by atoms with E-state index in [9.17, 15) is 0 Å². The molecule has 3 rings (SSSR count). The molecule has 2 aromatic heterocycles. The van der Waals surface area contributed by atoms with Crippen molar-refractivity contribution in [2.75, 3.05) is 0 Å². The van der Waals surface area contributed by atoms with Crippen LogP contribution in [0.25, 0.3) is 10.9 Å². The molecule has 0 aliphatic carbocycles. The van der Waals surface area contributed by atoms with Crippen molar-refractivity contribution < 1.29 is 0 Å². The molecule has 1 aromatic carbocycles. The second kappa shape index (κ2) is 5.10. The molecule has 2 heterocycles. The fraction of sp³-hybridized carbons (Fsp3) is 0.267. The van der Waals surface area contributed by atoms with Crippen molar-refractivity contribution in [3.05, 3.63) is 53.7 Å². The van der Waals surface area contributed by atoms with Crippen LogP contribution < -0.4 is 0 Å². The lowest BCUT2D eigenvalue weighted by Crippen LogP contribution is -2.06. The first-order valence-corrected chi connectivity index (χ1v) is 6.89. The van der Waals surface area contributed by atoms with E-state index < -0.39 is 0 Å². The van der Waals surface area contributed by atoms with Gasteiger partial charge in [0.05, 0.1) is 18.6 Å². The van der Waals surface area contributed by atoms with Crippen molar-refractivity contribution in [2.24, 2.45) is 0 Å². The van der Waals surface area contributed by atoms with Crippen molar-refractivity contribution in [3.63, 3.8) is 0 Å². The summed E-state index contributed by atoms with van der Waals surface area (Å²) in [6.45, 7) is 4.01. The molecule has 0 unspecified atom stereocenters. The first-order valence-electron chi connectivity index (χ1n) is 6.51. The highest BCUT2D eigenvalue weighted by atomic mass is 35.5. The van der Waals surface area contributed by atoms with Crippen LogP contribution in [-0.4, -0.2) is 14.1 Å². The van der Waals surface area contributed by atoms with Gasteiger partial charge in [0.25, 0.3) is 0 Å². The predicted octanol–water partition coefficient (Wildman–Crippen LogP) is 3.95. The highest BCUT2D eigenvalue weighted by molar-refractivity contribution is 6.31. The highest BCUT2D eigenvalue weighted by Crippen LogP contribution is 2.21. The number of aryl methyl sites for hydroxylation is 1. The molecule has 3 nitrogen and oxygen atoms in total. The summed E-state index contributed by atoms with van der Waals surface area (Å²) in [7, 11) is 0. The summed E-state index contributed by atoms with van der Waals surface area (Å²) in [4.78, 5) is 4.24. The molecular formula is C15H16ClN3. The Labute approximate surface area is 117 Å². The fourth-order valence-corrected chi connectivity index (χ4v) is 2.56. The van der Waals surface area contributed by atoms with Gasteiger partial charge in [-0.05, 0) is 30.0 Å². The molecule has 0 aliphatic heterocycles. The molecule has 3 aromatic rings. The van der Waals surface area contributed by atoms with E-state index in [1.54, 1.807) is 0 Å². The van der Waals surface area contributed by atoms with E-state index in [-0.39, 0.29) is 0 Å². The van der Waals surface area contributed by atoms with Gasteiger partial charge in [0, 0.05) is 29.5 Å². The third kappa shape index (κ3) is 2.38. The number of benzene rings is 1. The number of nitrogens with zero attached hydrogens (tertiary/aromatic N) is 3. The summed E-state index contributed by atoms with van der Waals surface area (Å²) in [5.41, 5.74) is 2.39. The van der Waals surface area contributed by atoms with E-state index in [2.05, 4.69) is 39.4 Å². The molecule has 0 spiro atoms. The lowest BCUT2D eigenvalue weighted by atomic mass is 10.2. The van der Waals surface area contributed by atoms with E-state index in [4.69, 9.17) is 11.6 Å². The van der Waals surface area contributed by atoms with Gasteiger partial charge in [-0.3, -0.25) is 0 Å². The Hall–Kier alpha value is -1.74. The Morgan fingerprint density at radius 1 is 1.21 bits per heavy atom. The number of aromatic nitrogens is 3. The molecule has 0 bridgehead atoms. The minimum Gasteiger partial charge on any atom is -0.341 e. The quantitative estimate of drug-likeness (QED) is 0.706. The lowest BCUT2D eigenvalue weighted by molar-refractivity contribution is 0.629. The van der Waals surface area contributed by atoms with Crippen LogP contribution >= 0.6 is 11.6 Å². The Balaban J connectivity index is 1.96. The van der Waals surface area contributed by atoms with Gasteiger partial charge in [-0.25, -0.2) is 4.98 Å². The minimum absolute atomic E-state index is 0.773. The molecule has 0 aliphatic rings. The molecule has 4 heteroatoms. The number of hydrogen-bond acceptors (Lipinski definition) is 1. The van der Waals surface area contributed by atoms with Gasteiger partial charge in [-0.1, -0.05) is 24.6 Å². The van der Waals surface area contributed by atoms with E-state index in [1.165, 1.54) is 11.1 Å². The molecule has 0 N–H and O–H groups in total. The number of rotatable bonds is 4. The van der Waals surface area contributed by atoms with Gasteiger partial charge in [0.2, 0.25) is 0 Å². The zero-order valence-corrected chi connectivity index (χ0v) is 11.6. The molecule has 98 valence electrons. The van der Waals surface area contributed by atoms with Crippen molar-refractivity contribution in [2.45, 2.75) is 26.4 Å². The molecule has 0 fully saturated rings. The van der Waals surface area contributed by atoms with E-state index in [0.29, 0.717) is 0 Å². The van der Waals surface area contributed by atoms with E-state index >= 15 is 0 Å². The summed E-state index contributed by atoms with van der Waals surface area (Å²) in [6.07, 6.45) is 7.05. The molecule has 0 amide bonds. The van der Waals surface area contributed by atoms with Crippen LogP contribution in [0.3, 0.4) is 0 Å². The monoisotopic (exact) mass is 273 g/mol. The number of fused-ring (bicyclic) bond motifs is 1. The van der Waals surface area contributed by atoms with Crippen LogP contribution in [0, 0.1) is 0 Å². The zero-order valence-electron chi connectivity index (χ0n) is 10.9. The standard InChI is InChI=1S/C15H16ClN3/c1-2-6-19-11-17-9-14(19)10-18-7-5-12-3-4-13(16)8-15(12)18/h3-5,7-9,11H,2,6,10H2,1H3. The molecule has 0 atom stereocenters. The number of imidazole rings is 1. The second-order valence-corrected chi connectivity index (χ2v) is 5.16. The summed E-state index contributed by atoms with van der Waals surface area (Å²) in [5.74, 6) is 0. The van der Waals surface area contributed by atoms with Gasteiger partial charge in [0.1, 0.15) is 0 Å². The van der Waals surface area contributed by atoms with Crippen molar-refractivity contribution in [3.8, 4) is 0 Å². The van der Waals surface area contributed by atoms with Crippen LogP contribution in [0.15, 0.2) is 43.0 Å². The third-order valence-corrected chi connectivity index (χ3v) is 3.57. The van der Waals surface area contributed by atoms with Gasteiger partial charge in [-0.2, -0.15) is 0 Å². The van der Waals surface area contributed by atoms with Crippen LogP contribution in [0.5, 0.6) is 0 Å². The molecule has 19 heavy (non-hydrogen) atoms. The number of halogens is 1. The average Bonchev–Trinajstić information content (AvgIpc) is 2.99. The Morgan fingerprint density at radius 3 is 2.95 bits per heavy atom. The SMILES string of the molecule is CCCn1cncc1Cn1ccc2ccc(Cl)cc21. The van der Waals surface area contributed by atoms with Crippen LogP contribution in [0.4, 0.5) is 0 Å². The zero-order chi connectivity index (χ0) is 13.2. The maximum atomic E-state index is 6.08. The molecule has 0 saturated heterocycles. The topological polar surface area (TPSA) is 22.8 Å². The maximum absolute atomic E-state index is 6.08. The predicted molar refractivity (Wildman–Crippen MR) is 78.6 cm³/mol. The maximum Gasteiger partial charge on any atom is 0.0948 e. The first kappa shape index (κ1) is 12.3. The first-order chi connectivity index (χ1) is 9.28.